The minimum Gasteiger partial charge on any atom is -0.393 e. The maximum absolute atomic E-state index is 9.68. The SMILES string of the molecule is Cn1nc(CNCC(C)(O)CO)c2ccccc21. The molecule has 0 radical (unpaired) electrons. The maximum Gasteiger partial charge on any atom is 0.0972 e. The number of aromatic nitrogens is 2. The first-order chi connectivity index (χ1) is 8.53. The van der Waals surface area contributed by atoms with E-state index in [0.29, 0.717) is 13.1 Å². The monoisotopic (exact) mass is 249 g/mol. The molecule has 18 heavy (non-hydrogen) atoms. The van der Waals surface area contributed by atoms with Crippen LogP contribution in [0, 0.1) is 0 Å². The fraction of sp³-hybridized carbons (Fsp3) is 0.462. The number of benzene rings is 1. The summed E-state index contributed by atoms with van der Waals surface area (Å²) in [7, 11) is 1.91. The second-order valence-electron chi connectivity index (χ2n) is 4.85. The average molecular weight is 249 g/mol. The van der Waals surface area contributed by atoms with Crippen LogP contribution in [0.15, 0.2) is 24.3 Å². The van der Waals surface area contributed by atoms with E-state index in [1.165, 1.54) is 0 Å². The molecular weight excluding hydrogens is 230 g/mol. The lowest BCUT2D eigenvalue weighted by atomic mass is 10.1. The summed E-state index contributed by atoms with van der Waals surface area (Å²) in [5, 5.41) is 27.3. The van der Waals surface area contributed by atoms with Crippen LogP contribution in [-0.4, -0.2) is 38.7 Å². The molecule has 2 aromatic rings. The van der Waals surface area contributed by atoms with Crippen LogP contribution < -0.4 is 5.32 Å². The predicted molar refractivity (Wildman–Crippen MR) is 70.1 cm³/mol. The molecule has 0 aliphatic carbocycles. The van der Waals surface area contributed by atoms with Crippen LogP contribution in [0.25, 0.3) is 10.9 Å². The molecule has 5 heteroatoms. The second kappa shape index (κ2) is 5.06. The van der Waals surface area contributed by atoms with Gasteiger partial charge in [-0.25, -0.2) is 0 Å². The van der Waals surface area contributed by atoms with Crippen LogP contribution in [0.1, 0.15) is 12.6 Å². The lowest BCUT2D eigenvalue weighted by Crippen LogP contribution is -2.40. The van der Waals surface area contributed by atoms with Gasteiger partial charge in [-0.3, -0.25) is 4.68 Å². The number of hydrogen-bond acceptors (Lipinski definition) is 4. The number of aryl methyl sites for hydroxylation is 1. The molecule has 3 N–H and O–H groups in total. The molecular formula is C13H19N3O2. The Morgan fingerprint density at radius 1 is 1.39 bits per heavy atom. The Kier molecular flexibility index (Phi) is 3.65. The zero-order valence-electron chi connectivity index (χ0n) is 10.7. The van der Waals surface area contributed by atoms with E-state index >= 15 is 0 Å². The zero-order valence-corrected chi connectivity index (χ0v) is 10.7. The fourth-order valence-corrected chi connectivity index (χ4v) is 1.93. The standard InChI is InChI=1S/C13H19N3O2/c1-13(18,9-17)8-14-7-11-10-5-3-4-6-12(10)16(2)15-11/h3-6,14,17-18H,7-9H2,1-2H3. The first-order valence-corrected chi connectivity index (χ1v) is 5.98. The van der Waals surface area contributed by atoms with Gasteiger partial charge in [0.2, 0.25) is 0 Å². The van der Waals surface area contributed by atoms with E-state index in [0.717, 1.165) is 16.6 Å². The Morgan fingerprint density at radius 2 is 2.11 bits per heavy atom. The summed E-state index contributed by atoms with van der Waals surface area (Å²) in [5.74, 6) is 0. The van der Waals surface area contributed by atoms with Crippen molar-refractivity contribution in [3.05, 3.63) is 30.0 Å². The fourth-order valence-electron chi connectivity index (χ4n) is 1.93. The van der Waals surface area contributed by atoms with Crippen LogP contribution >= 0.6 is 0 Å². The molecule has 0 amide bonds. The number of nitrogens with one attached hydrogen (secondary N) is 1. The van der Waals surface area contributed by atoms with Crippen LogP contribution in [0.2, 0.25) is 0 Å². The number of fused-ring (bicyclic) bond motifs is 1. The van der Waals surface area contributed by atoms with Crippen molar-refractivity contribution in [2.24, 2.45) is 7.05 Å². The van der Waals surface area contributed by atoms with Gasteiger partial charge in [-0.05, 0) is 13.0 Å². The van der Waals surface area contributed by atoms with Crippen molar-refractivity contribution in [3.8, 4) is 0 Å². The topological polar surface area (TPSA) is 70.3 Å². The molecule has 1 unspecified atom stereocenters. The van der Waals surface area contributed by atoms with Crippen LogP contribution in [0.4, 0.5) is 0 Å². The number of para-hydroxylation sites is 1. The molecule has 1 aromatic heterocycles. The third-order valence-electron chi connectivity index (χ3n) is 2.97. The largest absolute Gasteiger partial charge is 0.393 e. The van der Waals surface area contributed by atoms with Gasteiger partial charge in [-0.15, -0.1) is 0 Å². The maximum atomic E-state index is 9.68. The van der Waals surface area contributed by atoms with E-state index in [2.05, 4.69) is 10.4 Å². The lowest BCUT2D eigenvalue weighted by Gasteiger charge is -2.20. The average Bonchev–Trinajstić information content (AvgIpc) is 2.67. The minimum atomic E-state index is -1.09. The van der Waals surface area contributed by atoms with Gasteiger partial charge in [0, 0.05) is 25.5 Å². The highest BCUT2D eigenvalue weighted by Gasteiger charge is 2.18. The van der Waals surface area contributed by atoms with E-state index in [9.17, 15) is 5.11 Å². The Labute approximate surface area is 106 Å². The summed E-state index contributed by atoms with van der Waals surface area (Å²) < 4.78 is 1.84. The van der Waals surface area contributed by atoms with Crippen molar-refractivity contribution >= 4 is 10.9 Å². The first kappa shape index (κ1) is 13.0. The van der Waals surface area contributed by atoms with Gasteiger partial charge < -0.3 is 15.5 Å². The predicted octanol–water partition coefficient (Wildman–Crippen LogP) is 0.406. The second-order valence-corrected chi connectivity index (χ2v) is 4.85. The Balaban J connectivity index is 2.09. The molecule has 0 fully saturated rings. The molecule has 1 heterocycles. The first-order valence-electron chi connectivity index (χ1n) is 5.98. The third kappa shape index (κ3) is 2.69. The van der Waals surface area contributed by atoms with Gasteiger partial charge in [0.15, 0.2) is 0 Å². The minimum absolute atomic E-state index is 0.261. The molecule has 0 aliphatic heterocycles. The Hall–Kier alpha value is -1.43. The van der Waals surface area contributed by atoms with Crippen LogP contribution in [0.3, 0.4) is 0 Å². The highest BCUT2D eigenvalue weighted by Crippen LogP contribution is 2.17. The summed E-state index contributed by atoms with van der Waals surface area (Å²) in [6.45, 7) is 2.23. The van der Waals surface area contributed by atoms with Gasteiger partial charge in [0.1, 0.15) is 0 Å². The number of aliphatic hydroxyl groups is 2. The van der Waals surface area contributed by atoms with Gasteiger partial charge in [0.05, 0.1) is 23.4 Å². The Bertz CT molecular complexity index is 534. The number of rotatable bonds is 5. The normalized spacial score (nSPS) is 14.9. The Morgan fingerprint density at radius 3 is 2.83 bits per heavy atom. The molecule has 0 spiro atoms. The zero-order chi connectivity index (χ0) is 13.2. The van der Waals surface area contributed by atoms with Gasteiger partial charge in [-0.2, -0.15) is 5.10 Å². The van der Waals surface area contributed by atoms with Crippen molar-refractivity contribution in [1.82, 2.24) is 15.1 Å². The lowest BCUT2D eigenvalue weighted by molar-refractivity contribution is 0.00250. The quantitative estimate of drug-likeness (QED) is 0.717. The number of aliphatic hydroxyl groups excluding tert-OH is 1. The van der Waals surface area contributed by atoms with Crippen molar-refractivity contribution in [2.45, 2.75) is 19.1 Å². The molecule has 2 rings (SSSR count). The highest BCUT2D eigenvalue weighted by molar-refractivity contribution is 5.81. The van der Waals surface area contributed by atoms with E-state index in [4.69, 9.17) is 5.11 Å². The van der Waals surface area contributed by atoms with E-state index < -0.39 is 5.60 Å². The van der Waals surface area contributed by atoms with E-state index in [1.807, 2.05) is 36.0 Å². The van der Waals surface area contributed by atoms with Crippen molar-refractivity contribution in [3.63, 3.8) is 0 Å². The summed E-state index contributed by atoms with van der Waals surface area (Å²) in [5.41, 5.74) is 0.940. The third-order valence-corrected chi connectivity index (χ3v) is 2.97. The molecule has 5 nitrogen and oxygen atoms in total. The van der Waals surface area contributed by atoms with Gasteiger partial charge in [-0.1, -0.05) is 18.2 Å². The molecule has 0 bridgehead atoms. The van der Waals surface area contributed by atoms with Crippen LogP contribution in [0.5, 0.6) is 0 Å². The molecule has 1 atom stereocenters. The van der Waals surface area contributed by atoms with E-state index in [1.54, 1.807) is 6.92 Å². The molecule has 0 saturated carbocycles. The summed E-state index contributed by atoms with van der Waals surface area (Å²) in [6.07, 6.45) is 0. The number of hydrogen-bond donors (Lipinski definition) is 3. The number of nitrogens with zero attached hydrogens (tertiary/aromatic N) is 2. The molecule has 0 saturated heterocycles. The van der Waals surface area contributed by atoms with Crippen molar-refractivity contribution in [2.75, 3.05) is 13.2 Å². The van der Waals surface area contributed by atoms with Crippen molar-refractivity contribution in [1.29, 1.82) is 0 Å². The van der Waals surface area contributed by atoms with Gasteiger partial charge in [0.25, 0.3) is 0 Å². The smallest absolute Gasteiger partial charge is 0.0972 e. The molecule has 0 aliphatic rings. The summed E-state index contributed by atoms with van der Waals surface area (Å²) in [6, 6.07) is 8.02. The van der Waals surface area contributed by atoms with Crippen LogP contribution in [-0.2, 0) is 13.6 Å². The van der Waals surface area contributed by atoms with Crippen molar-refractivity contribution < 1.29 is 10.2 Å². The van der Waals surface area contributed by atoms with E-state index in [-0.39, 0.29) is 6.61 Å². The summed E-state index contributed by atoms with van der Waals surface area (Å²) >= 11 is 0. The molecule has 98 valence electrons. The molecule has 1 aromatic carbocycles. The highest BCUT2D eigenvalue weighted by atomic mass is 16.3. The van der Waals surface area contributed by atoms with Gasteiger partial charge >= 0.3 is 0 Å². The summed E-state index contributed by atoms with van der Waals surface area (Å²) in [4.78, 5) is 0.